The highest BCUT2D eigenvalue weighted by molar-refractivity contribution is 7.91. The van der Waals surface area contributed by atoms with Crippen molar-refractivity contribution in [3.8, 4) is 0 Å². The molecule has 1 amide bonds. The zero-order valence-corrected chi connectivity index (χ0v) is 15.7. The molecule has 0 saturated carbocycles. The number of hydrogen-bond donors (Lipinski definition) is 1. The van der Waals surface area contributed by atoms with Gasteiger partial charge in [0.25, 0.3) is 5.91 Å². The maximum Gasteiger partial charge on any atom is 0.375 e. The molecule has 1 aromatic heterocycles. The number of amides is 1. The molecule has 1 N–H and O–H groups in total. The molecule has 2 aromatic rings. The first kappa shape index (κ1) is 19.1. The number of aryl methyl sites for hydroxylation is 1. The number of fused-ring (bicyclic) bond motifs is 1. The number of rotatable bonds is 4. The van der Waals surface area contributed by atoms with E-state index in [4.69, 9.17) is 9.15 Å². The van der Waals surface area contributed by atoms with Gasteiger partial charge in [0.15, 0.2) is 21.4 Å². The summed E-state index contributed by atoms with van der Waals surface area (Å²) in [7, 11) is -3.13. The molecule has 9 heteroatoms. The highest BCUT2D eigenvalue weighted by Gasteiger charge is 2.31. The predicted octanol–water partition coefficient (Wildman–Crippen LogP) is 0.950. The summed E-state index contributed by atoms with van der Waals surface area (Å²) in [6.07, 6.45) is -0.840. The zero-order chi connectivity index (χ0) is 19.8. The number of carbonyl (C=O) groups is 2. The minimum absolute atomic E-state index is 0.0217. The first-order chi connectivity index (χ1) is 12.6. The minimum Gasteiger partial charge on any atom is -0.449 e. The Labute approximate surface area is 155 Å². The number of ether oxygens (including phenoxy) is 1. The molecule has 3 rings (SSSR count). The van der Waals surface area contributed by atoms with Gasteiger partial charge < -0.3 is 14.5 Å². The Bertz CT molecular complexity index is 1070. The van der Waals surface area contributed by atoms with Crippen molar-refractivity contribution in [3.05, 3.63) is 45.8 Å². The second kappa shape index (κ2) is 7.15. The van der Waals surface area contributed by atoms with E-state index in [-0.39, 0.29) is 28.3 Å². The van der Waals surface area contributed by atoms with Crippen molar-refractivity contribution in [2.24, 2.45) is 0 Å². The fourth-order valence-corrected chi connectivity index (χ4v) is 4.54. The van der Waals surface area contributed by atoms with Crippen LogP contribution in [0.3, 0.4) is 0 Å². The topological polar surface area (TPSA) is 120 Å². The molecule has 8 nitrogen and oxygen atoms in total. The van der Waals surface area contributed by atoms with Crippen molar-refractivity contribution >= 4 is 32.7 Å². The summed E-state index contributed by atoms with van der Waals surface area (Å²) >= 11 is 0. The lowest BCUT2D eigenvalue weighted by Gasteiger charge is -2.16. The van der Waals surface area contributed by atoms with E-state index >= 15 is 0 Å². The molecule has 1 aliphatic rings. The SMILES string of the molecule is Cc1ccc2oc(C(=O)O[C@H](C)C(=O)N[C@@H]3CCS(=O)(=O)C3)cc(=O)c2c1. The molecule has 0 radical (unpaired) electrons. The van der Waals surface area contributed by atoms with Gasteiger partial charge in [-0.15, -0.1) is 0 Å². The molecule has 0 spiro atoms. The van der Waals surface area contributed by atoms with Crippen LogP contribution in [0.1, 0.15) is 29.5 Å². The van der Waals surface area contributed by atoms with Gasteiger partial charge in [-0.1, -0.05) is 11.6 Å². The number of sulfone groups is 1. The Morgan fingerprint density at radius 3 is 2.70 bits per heavy atom. The summed E-state index contributed by atoms with van der Waals surface area (Å²) < 4.78 is 33.3. The molecular formula is C18H19NO7S. The maximum absolute atomic E-state index is 12.2. The molecule has 1 saturated heterocycles. The second-order valence-corrected chi connectivity index (χ2v) is 8.86. The molecule has 1 aliphatic heterocycles. The molecule has 1 fully saturated rings. The van der Waals surface area contributed by atoms with Gasteiger partial charge in [0.05, 0.1) is 16.9 Å². The third-order valence-corrected chi connectivity index (χ3v) is 6.08. The third kappa shape index (κ3) is 4.36. The predicted molar refractivity (Wildman–Crippen MR) is 97.3 cm³/mol. The van der Waals surface area contributed by atoms with Crippen molar-refractivity contribution < 1.29 is 27.2 Å². The van der Waals surface area contributed by atoms with Gasteiger partial charge in [-0.3, -0.25) is 9.59 Å². The van der Waals surface area contributed by atoms with Crippen molar-refractivity contribution in [1.82, 2.24) is 5.32 Å². The minimum atomic E-state index is -3.13. The summed E-state index contributed by atoms with van der Waals surface area (Å²) in [4.78, 5) is 36.5. The summed E-state index contributed by atoms with van der Waals surface area (Å²) in [6, 6.07) is 5.51. The van der Waals surface area contributed by atoms with E-state index in [1.165, 1.54) is 6.92 Å². The molecule has 0 unspecified atom stereocenters. The van der Waals surface area contributed by atoms with Crippen molar-refractivity contribution in [2.45, 2.75) is 32.4 Å². The fourth-order valence-electron chi connectivity index (χ4n) is 2.87. The molecule has 1 aromatic carbocycles. The van der Waals surface area contributed by atoms with Crippen molar-refractivity contribution in [3.63, 3.8) is 0 Å². The van der Waals surface area contributed by atoms with Gasteiger partial charge in [0.1, 0.15) is 5.58 Å². The highest BCUT2D eigenvalue weighted by Crippen LogP contribution is 2.16. The zero-order valence-electron chi connectivity index (χ0n) is 14.9. The van der Waals surface area contributed by atoms with Crippen molar-refractivity contribution in [2.75, 3.05) is 11.5 Å². The van der Waals surface area contributed by atoms with Crippen molar-refractivity contribution in [1.29, 1.82) is 0 Å². The lowest BCUT2D eigenvalue weighted by molar-refractivity contribution is -0.129. The van der Waals surface area contributed by atoms with Crippen LogP contribution in [0.2, 0.25) is 0 Å². The third-order valence-electron chi connectivity index (χ3n) is 4.32. The lowest BCUT2D eigenvalue weighted by atomic mass is 10.1. The highest BCUT2D eigenvalue weighted by atomic mass is 32.2. The Hall–Kier alpha value is -2.68. The van der Waals surface area contributed by atoms with Gasteiger partial charge in [-0.25, -0.2) is 13.2 Å². The quantitative estimate of drug-likeness (QED) is 0.768. The van der Waals surface area contributed by atoms with Crippen LogP contribution in [-0.4, -0.2) is 43.9 Å². The summed E-state index contributed by atoms with van der Waals surface area (Å²) in [6.45, 7) is 3.19. The maximum atomic E-state index is 12.2. The normalized spacial score (nSPS) is 19.6. The second-order valence-electron chi connectivity index (χ2n) is 6.63. The molecule has 27 heavy (non-hydrogen) atoms. The van der Waals surface area contributed by atoms with Crippen LogP contribution in [0.4, 0.5) is 0 Å². The van der Waals surface area contributed by atoms with E-state index < -0.39 is 33.9 Å². The number of benzene rings is 1. The smallest absolute Gasteiger partial charge is 0.375 e. The van der Waals surface area contributed by atoms with Crippen LogP contribution < -0.4 is 10.7 Å². The number of nitrogens with one attached hydrogen (secondary N) is 1. The molecule has 144 valence electrons. The van der Waals surface area contributed by atoms with E-state index in [2.05, 4.69) is 5.32 Å². The first-order valence-corrected chi connectivity index (χ1v) is 10.2. The van der Waals surface area contributed by atoms with Crippen LogP contribution in [0.25, 0.3) is 11.0 Å². The molecule has 2 heterocycles. The average molecular weight is 393 g/mol. The summed E-state index contributed by atoms with van der Waals surface area (Å²) in [5, 5.41) is 2.90. The molecule has 2 atom stereocenters. The summed E-state index contributed by atoms with van der Waals surface area (Å²) in [5.41, 5.74) is 0.734. The van der Waals surface area contributed by atoms with E-state index in [1.54, 1.807) is 18.2 Å². The first-order valence-electron chi connectivity index (χ1n) is 8.41. The van der Waals surface area contributed by atoms with E-state index in [0.29, 0.717) is 11.8 Å². The summed E-state index contributed by atoms with van der Waals surface area (Å²) in [5.74, 6) is -1.97. The Morgan fingerprint density at radius 2 is 2.04 bits per heavy atom. The van der Waals surface area contributed by atoms with Gasteiger partial charge >= 0.3 is 5.97 Å². The Kier molecular flexibility index (Phi) is 5.05. The molecule has 0 aliphatic carbocycles. The van der Waals surface area contributed by atoms with E-state index in [0.717, 1.165) is 11.6 Å². The number of esters is 1. The Balaban J connectivity index is 1.69. The van der Waals surface area contributed by atoms with E-state index in [1.807, 2.05) is 6.92 Å². The van der Waals surface area contributed by atoms with Gasteiger partial charge in [-0.05, 0) is 32.4 Å². The van der Waals surface area contributed by atoms with E-state index in [9.17, 15) is 22.8 Å². The van der Waals surface area contributed by atoms with Crippen LogP contribution in [0.5, 0.6) is 0 Å². The van der Waals surface area contributed by atoms with Crippen LogP contribution in [-0.2, 0) is 19.4 Å². The number of carbonyl (C=O) groups excluding carboxylic acids is 2. The molecule has 0 bridgehead atoms. The Morgan fingerprint density at radius 1 is 1.30 bits per heavy atom. The van der Waals surface area contributed by atoms with Gasteiger partial charge in [-0.2, -0.15) is 0 Å². The monoisotopic (exact) mass is 393 g/mol. The van der Waals surface area contributed by atoms with Crippen LogP contribution in [0, 0.1) is 6.92 Å². The standard InChI is InChI=1S/C18H19NO7S/c1-10-3-4-15-13(7-10)14(20)8-16(26-15)18(22)25-11(2)17(21)19-12-5-6-27(23,24)9-12/h3-4,7-8,11-12H,5-6,9H2,1-2H3,(H,19,21)/t11-,12-/m1/s1. The van der Waals surface area contributed by atoms with Gasteiger partial charge in [0, 0.05) is 12.1 Å². The van der Waals surface area contributed by atoms with Crippen LogP contribution >= 0.6 is 0 Å². The van der Waals surface area contributed by atoms with Crippen LogP contribution in [0.15, 0.2) is 33.5 Å². The molecular weight excluding hydrogens is 374 g/mol. The number of hydrogen-bond acceptors (Lipinski definition) is 7. The largest absolute Gasteiger partial charge is 0.449 e. The fraction of sp³-hybridized carbons (Fsp3) is 0.389. The lowest BCUT2D eigenvalue weighted by Crippen LogP contribution is -2.42. The average Bonchev–Trinajstić information content (AvgIpc) is 2.93. The van der Waals surface area contributed by atoms with Gasteiger partial charge in [0.2, 0.25) is 5.76 Å².